The Balaban J connectivity index is 2.25. The van der Waals surface area contributed by atoms with E-state index in [1.165, 1.54) is 19.8 Å². The number of hydrogen-bond donors (Lipinski definition) is 0. The lowest BCUT2D eigenvalue weighted by atomic mass is 9.70. The van der Waals surface area contributed by atoms with Crippen molar-refractivity contribution < 1.29 is 9.53 Å². The van der Waals surface area contributed by atoms with Gasteiger partial charge in [0.15, 0.2) is 0 Å². The quantitative estimate of drug-likeness (QED) is 0.571. The van der Waals surface area contributed by atoms with Crippen LogP contribution in [0.2, 0.25) is 0 Å². The van der Waals surface area contributed by atoms with Crippen LogP contribution >= 0.6 is 15.9 Å². The first-order chi connectivity index (χ1) is 6.94. The SMILES string of the molecule is CC(=O)OC1CC2CCC1(C)C2(C)CBr. The summed E-state index contributed by atoms with van der Waals surface area (Å²) in [6.45, 7) is 6.14. The molecule has 2 saturated carbocycles. The number of fused-ring (bicyclic) bond motifs is 2. The molecule has 86 valence electrons. The minimum atomic E-state index is -0.134. The molecule has 4 unspecified atom stereocenters. The van der Waals surface area contributed by atoms with Crippen LogP contribution in [0.25, 0.3) is 0 Å². The normalized spacial score (nSPS) is 48.3. The van der Waals surface area contributed by atoms with Crippen molar-refractivity contribution in [2.24, 2.45) is 16.7 Å². The third-order valence-electron chi connectivity index (χ3n) is 5.01. The number of carbonyl (C=O) groups excluding carboxylic acids is 1. The number of carbonyl (C=O) groups is 1. The molecule has 2 nitrogen and oxygen atoms in total. The molecule has 2 fully saturated rings. The van der Waals surface area contributed by atoms with Crippen LogP contribution in [0, 0.1) is 16.7 Å². The average Bonchev–Trinajstić information content (AvgIpc) is 2.52. The monoisotopic (exact) mass is 274 g/mol. The number of hydrogen-bond acceptors (Lipinski definition) is 2. The summed E-state index contributed by atoms with van der Waals surface area (Å²) in [4.78, 5) is 11.1. The van der Waals surface area contributed by atoms with E-state index in [1.54, 1.807) is 0 Å². The predicted octanol–water partition coefficient (Wildman–Crippen LogP) is 3.14. The van der Waals surface area contributed by atoms with Crippen molar-refractivity contribution in [2.45, 2.75) is 46.1 Å². The molecule has 0 aromatic carbocycles. The fraction of sp³-hybridized carbons (Fsp3) is 0.917. The summed E-state index contributed by atoms with van der Waals surface area (Å²) in [5, 5.41) is 1.01. The number of halogens is 1. The van der Waals surface area contributed by atoms with Crippen LogP contribution in [0.5, 0.6) is 0 Å². The number of ether oxygens (including phenoxy) is 1. The highest BCUT2D eigenvalue weighted by molar-refractivity contribution is 9.09. The van der Waals surface area contributed by atoms with Gasteiger partial charge in [0.05, 0.1) is 0 Å². The molecule has 0 amide bonds. The lowest BCUT2D eigenvalue weighted by Gasteiger charge is -2.39. The van der Waals surface area contributed by atoms with Crippen LogP contribution in [0.15, 0.2) is 0 Å². The second kappa shape index (κ2) is 3.47. The van der Waals surface area contributed by atoms with Crippen LogP contribution in [0.1, 0.15) is 40.0 Å². The van der Waals surface area contributed by atoms with Gasteiger partial charge >= 0.3 is 5.97 Å². The van der Waals surface area contributed by atoms with Crippen molar-refractivity contribution in [1.29, 1.82) is 0 Å². The molecule has 0 aromatic heterocycles. The van der Waals surface area contributed by atoms with E-state index in [4.69, 9.17) is 4.74 Å². The molecule has 2 rings (SSSR count). The molecule has 0 saturated heterocycles. The minimum Gasteiger partial charge on any atom is -0.462 e. The maximum Gasteiger partial charge on any atom is 0.302 e. The summed E-state index contributed by atoms with van der Waals surface area (Å²) < 4.78 is 5.49. The topological polar surface area (TPSA) is 26.3 Å². The molecule has 0 heterocycles. The summed E-state index contributed by atoms with van der Waals surface area (Å²) >= 11 is 3.64. The first-order valence-electron chi connectivity index (χ1n) is 5.67. The van der Waals surface area contributed by atoms with Crippen molar-refractivity contribution in [1.82, 2.24) is 0 Å². The van der Waals surface area contributed by atoms with Crippen LogP contribution in [0.4, 0.5) is 0 Å². The Kier molecular flexibility index (Phi) is 2.65. The highest BCUT2D eigenvalue weighted by Crippen LogP contribution is 2.66. The van der Waals surface area contributed by atoms with Crippen molar-refractivity contribution in [3.63, 3.8) is 0 Å². The van der Waals surface area contributed by atoms with Gasteiger partial charge in [-0.2, -0.15) is 0 Å². The molecule has 0 aliphatic heterocycles. The fourth-order valence-corrected chi connectivity index (χ4v) is 4.71. The number of alkyl halides is 1. The first kappa shape index (κ1) is 11.4. The van der Waals surface area contributed by atoms with E-state index in [-0.39, 0.29) is 17.5 Å². The number of esters is 1. The van der Waals surface area contributed by atoms with Gasteiger partial charge in [-0.25, -0.2) is 0 Å². The maximum atomic E-state index is 11.1. The number of rotatable bonds is 2. The smallest absolute Gasteiger partial charge is 0.302 e. The van der Waals surface area contributed by atoms with Crippen molar-refractivity contribution in [2.75, 3.05) is 5.33 Å². The average molecular weight is 275 g/mol. The summed E-state index contributed by atoms with van der Waals surface area (Å²) in [6, 6.07) is 0. The second-order valence-corrected chi connectivity index (χ2v) is 6.10. The van der Waals surface area contributed by atoms with Gasteiger partial charge < -0.3 is 4.74 Å². The molecule has 0 aromatic rings. The van der Waals surface area contributed by atoms with Crippen LogP contribution in [-0.4, -0.2) is 17.4 Å². The lowest BCUT2D eigenvalue weighted by Crippen LogP contribution is -2.40. The van der Waals surface area contributed by atoms with Gasteiger partial charge in [0.25, 0.3) is 0 Å². The van der Waals surface area contributed by atoms with Gasteiger partial charge in [-0.3, -0.25) is 4.79 Å². The van der Waals surface area contributed by atoms with E-state index in [0.29, 0.717) is 11.3 Å². The second-order valence-electron chi connectivity index (χ2n) is 5.54. The standard InChI is InChI=1S/C12H19BrO2/c1-8(14)15-10-6-9-4-5-11(10,2)12(9,3)7-13/h9-10H,4-7H2,1-3H3. The largest absolute Gasteiger partial charge is 0.462 e. The Morgan fingerprint density at radius 1 is 1.53 bits per heavy atom. The third kappa shape index (κ3) is 1.38. The Morgan fingerprint density at radius 3 is 2.67 bits per heavy atom. The zero-order valence-electron chi connectivity index (χ0n) is 9.68. The molecule has 2 bridgehead atoms. The van der Waals surface area contributed by atoms with Crippen LogP contribution in [0.3, 0.4) is 0 Å². The molecule has 0 radical (unpaired) electrons. The molecule has 4 atom stereocenters. The van der Waals surface area contributed by atoms with E-state index in [0.717, 1.165) is 11.8 Å². The lowest BCUT2D eigenvalue weighted by molar-refractivity contribution is -0.153. The van der Waals surface area contributed by atoms with E-state index in [2.05, 4.69) is 29.8 Å². The Hall–Kier alpha value is -0.0500. The fourth-order valence-electron chi connectivity index (χ4n) is 3.61. The zero-order chi connectivity index (χ0) is 11.3. The zero-order valence-corrected chi connectivity index (χ0v) is 11.3. The summed E-state index contributed by atoms with van der Waals surface area (Å²) in [5.41, 5.74) is 0.472. The Bertz CT molecular complexity index is 291. The molecule has 0 spiro atoms. The third-order valence-corrected chi connectivity index (χ3v) is 6.18. The highest BCUT2D eigenvalue weighted by Gasteiger charge is 2.64. The molecule has 0 N–H and O–H groups in total. The van der Waals surface area contributed by atoms with Crippen LogP contribution in [-0.2, 0) is 9.53 Å². The summed E-state index contributed by atoms with van der Waals surface area (Å²) in [5.74, 6) is 0.580. The summed E-state index contributed by atoms with van der Waals surface area (Å²) in [6.07, 6.45) is 3.67. The Labute approximate surface area is 99.9 Å². The maximum absolute atomic E-state index is 11.1. The van der Waals surface area contributed by atoms with Crippen molar-refractivity contribution >= 4 is 21.9 Å². The summed E-state index contributed by atoms with van der Waals surface area (Å²) in [7, 11) is 0. The van der Waals surface area contributed by atoms with E-state index in [9.17, 15) is 4.79 Å². The first-order valence-corrected chi connectivity index (χ1v) is 6.79. The Morgan fingerprint density at radius 2 is 2.20 bits per heavy atom. The van der Waals surface area contributed by atoms with E-state index < -0.39 is 0 Å². The molecule has 2 aliphatic carbocycles. The van der Waals surface area contributed by atoms with Gasteiger partial charge in [0.2, 0.25) is 0 Å². The van der Waals surface area contributed by atoms with Crippen molar-refractivity contribution in [3.05, 3.63) is 0 Å². The van der Waals surface area contributed by atoms with Gasteiger partial charge in [-0.1, -0.05) is 29.8 Å². The van der Waals surface area contributed by atoms with Crippen molar-refractivity contribution in [3.8, 4) is 0 Å². The van der Waals surface area contributed by atoms with Gasteiger partial charge in [0, 0.05) is 17.7 Å². The van der Waals surface area contributed by atoms with Crippen LogP contribution < -0.4 is 0 Å². The van der Waals surface area contributed by atoms with Gasteiger partial charge in [-0.05, 0) is 30.6 Å². The highest BCUT2D eigenvalue weighted by atomic mass is 79.9. The predicted molar refractivity (Wildman–Crippen MR) is 62.9 cm³/mol. The van der Waals surface area contributed by atoms with E-state index >= 15 is 0 Å². The molecule has 2 aliphatic rings. The molecular weight excluding hydrogens is 256 g/mol. The van der Waals surface area contributed by atoms with Gasteiger partial charge in [0.1, 0.15) is 6.10 Å². The minimum absolute atomic E-state index is 0.134. The molecular formula is C12H19BrO2. The molecule has 15 heavy (non-hydrogen) atoms. The molecule has 3 heteroatoms. The van der Waals surface area contributed by atoms with Gasteiger partial charge in [-0.15, -0.1) is 0 Å². The van der Waals surface area contributed by atoms with E-state index in [1.807, 2.05) is 0 Å².